The van der Waals surface area contributed by atoms with E-state index in [-0.39, 0.29) is 5.91 Å². The summed E-state index contributed by atoms with van der Waals surface area (Å²) in [6.07, 6.45) is 2.26. The molecule has 0 saturated carbocycles. The summed E-state index contributed by atoms with van der Waals surface area (Å²) in [4.78, 5) is 20.4. The molecule has 0 aliphatic carbocycles. The van der Waals surface area contributed by atoms with Crippen LogP contribution in [0.25, 0.3) is 22.2 Å². The molecule has 0 unspecified atom stereocenters. The summed E-state index contributed by atoms with van der Waals surface area (Å²) in [6.45, 7) is 5.89. The van der Waals surface area contributed by atoms with Crippen LogP contribution in [0.4, 0.5) is 0 Å². The highest BCUT2D eigenvalue weighted by Crippen LogP contribution is 2.32. The highest BCUT2D eigenvalue weighted by atomic mass is 16.5. The lowest BCUT2D eigenvalue weighted by Gasteiger charge is -2.32. The molecule has 4 heteroatoms. The van der Waals surface area contributed by atoms with Crippen LogP contribution >= 0.6 is 0 Å². The van der Waals surface area contributed by atoms with Crippen molar-refractivity contribution in [2.45, 2.75) is 26.7 Å². The van der Waals surface area contributed by atoms with Gasteiger partial charge in [-0.1, -0.05) is 25.1 Å². The van der Waals surface area contributed by atoms with Gasteiger partial charge in [0.05, 0.1) is 23.9 Å². The summed E-state index contributed by atoms with van der Waals surface area (Å²) in [6, 6.07) is 15.8. The molecule has 28 heavy (non-hydrogen) atoms. The minimum atomic E-state index is 0.123. The molecule has 0 N–H and O–H groups in total. The molecule has 4 nitrogen and oxygen atoms in total. The van der Waals surface area contributed by atoms with Crippen molar-refractivity contribution in [2.75, 3.05) is 20.2 Å². The van der Waals surface area contributed by atoms with Crippen molar-refractivity contribution < 1.29 is 9.53 Å². The predicted molar refractivity (Wildman–Crippen MR) is 113 cm³/mol. The van der Waals surface area contributed by atoms with E-state index in [0.717, 1.165) is 58.5 Å². The highest BCUT2D eigenvalue weighted by Gasteiger charge is 2.26. The van der Waals surface area contributed by atoms with Gasteiger partial charge in [-0.15, -0.1) is 0 Å². The lowest BCUT2D eigenvalue weighted by molar-refractivity contribution is 0.0684. The van der Waals surface area contributed by atoms with Gasteiger partial charge < -0.3 is 9.64 Å². The van der Waals surface area contributed by atoms with Crippen LogP contribution in [0.15, 0.2) is 48.5 Å². The van der Waals surface area contributed by atoms with E-state index in [0.29, 0.717) is 5.92 Å². The summed E-state index contributed by atoms with van der Waals surface area (Å²) in [5.41, 5.74) is 4.42. The Hall–Kier alpha value is -2.88. The second kappa shape index (κ2) is 7.63. The first-order chi connectivity index (χ1) is 13.6. The number of hydrogen-bond acceptors (Lipinski definition) is 3. The summed E-state index contributed by atoms with van der Waals surface area (Å²) < 4.78 is 5.28. The molecule has 4 rings (SSSR count). The van der Waals surface area contributed by atoms with E-state index in [1.54, 1.807) is 7.11 Å². The molecule has 1 aliphatic heterocycles. The minimum absolute atomic E-state index is 0.123. The lowest BCUT2D eigenvalue weighted by atomic mass is 9.94. The van der Waals surface area contributed by atoms with Crippen molar-refractivity contribution in [2.24, 2.45) is 5.92 Å². The Balaban J connectivity index is 1.86. The smallest absolute Gasteiger partial charge is 0.254 e. The number of pyridine rings is 1. The predicted octanol–water partition coefficient (Wildman–Crippen LogP) is 5.09. The van der Waals surface area contributed by atoms with E-state index in [4.69, 9.17) is 9.72 Å². The van der Waals surface area contributed by atoms with Gasteiger partial charge in [-0.3, -0.25) is 4.79 Å². The molecule has 0 spiro atoms. The third kappa shape index (κ3) is 3.35. The molecular weight excluding hydrogens is 348 g/mol. The molecule has 0 radical (unpaired) electrons. The van der Waals surface area contributed by atoms with Crippen LogP contribution in [-0.4, -0.2) is 36.0 Å². The number of methoxy groups -OCH3 is 1. The number of benzene rings is 2. The van der Waals surface area contributed by atoms with Crippen molar-refractivity contribution >= 4 is 16.8 Å². The van der Waals surface area contributed by atoms with Crippen molar-refractivity contribution in [1.29, 1.82) is 0 Å². The van der Waals surface area contributed by atoms with Gasteiger partial charge in [-0.25, -0.2) is 4.98 Å². The van der Waals surface area contributed by atoms with E-state index in [1.165, 1.54) is 6.42 Å². The van der Waals surface area contributed by atoms with Gasteiger partial charge in [0.25, 0.3) is 5.91 Å². The van der Waals surface area contributed by atoms with Crippen molar-refractivity contribution in [3.8, 4) is 17.0 Å². The van der Waals surface area contributed by atoms with Crippen LogP contribution in [-0.2, 0) is 0 Å². The number of amides is 1. The molecule has 1 amide bonds. The molecule has 1 fully saturated rings. The van der Waals surface area contributed by atoms with Gasteiger partial charge in [0.1, 0.15) is 5.75 Å². The number of carbonyl (C=O) groups excluding carboxylic acids is 1. The number of rotatable bonds is 3. The second-order valence-electron chi connectivity index (χ2n) is 7.70. The fourth-order valence-corrected chi connectivity index (χ4v) is 4.14. The zero-order valence-corrected chi connectivity index (χ0v) is 16.7. The minimum Gasteiger partial charge on any atom is -0.497 e. The van der Waals surface area contributed by atoms with Gasteiger partial charge in [-0.2, -0.15) is 0 Å². The van der Waals surface area contributed by atoms with Crippen LogP contribution in [0.2, 0.25) is 0 Å². The molecule has 1 atom stereocenters. The number of fused-ring (bicyclic) bond motifs is 1. The van der Waals surface area contributed by atoms with E-state index in [2.05, 4.69) is 6.92 Å². The summed E-state index contributed by atoms with van der Waals surface area (Å²) in [7, 11) is 1.66. The molecular formula is C24H26N2O2. The molecule has 1 aliphatic rings. The molecule has 2 aromatic carbocycles. The molecule has 1 aromatic heterocycles. The maximum Gasteiger partial charge on any atom is 0.254 e. The number of ether oxygens (including phenoxy) is 1. The Bertz CT molecular complexity index is 1010. The largest absolute Gasteiger partial charge is 0.497 e. The van der Waals surface area contributed by atoms with Crippen LogP contribution in [0.3, 0.4) is 0 Å². The van der Waals surface area contributed by atoms with Crippen molar-refractivity contribution in [3.63, 3.8) is 0 Å². The summed E-state index contributed by atoms with van der Waals surface area (Å²) in [5, 5.41) is 0.931. The van der Waals surface area contributed by atoms with E-state index < -0.39 is 0 Å². The number of aromatic nitrogens is 1. The van der Waals surface area contributed by atoms with E-state index in [9.17, 15) is 4.79 Å². The van der Waals surface area contributed by atoms with Gasteiger partial charge in [0.2, 0.25) is 0 Å². The monoisotopic (exact) mass is 374 g/mol. The van der Waals surface area contributed by atoms with Gasteiger partial charge >= 0.3 is 0 Å². The Kier molecular flexibility index (Phi) is 5.03. The third-order valence-corrected chi connectivity index (χ3v) is 5.66. The molecule has 2 heterocycles. The zero-order chi connectivity index (χ0) is 19.7. The average Bonchev–Trinajstić information content (AvgIpc) is 2.73. The molecule has 3 aromatic rings. The first-order valence-electron chi connectivity index (χ1n) is 9.91. The fraction of sp³-hybridized carbons (Fsp3) is 0.333. The molecule has 144 valence electrons. The first-order valence-corrected chi connectivity index (χ1v) is 9.91. The maximum atomic E-state index is 13.5. The Morgan fingerprint density at radius 1 is 1.14 bits per heavy atom. The van der Waals surface area contributed by atoms with Crippen LogP contribution in [0.5, 0.6) is 5.75 Å². The van der Waals surface area contributed by atoms with Gasteiger partial charge in [0, 0.05) is 24.0 Å². The first kappa shape index (κ1) is 18.5. The Morgan fingerprint density at radius 3 is 2.61 bits per heavy atom. The van der Waals surface area contributed by atoms with Gasteiger partial charge in [0.15, 0.2) is 0 Å². The topological polar surface area (TPSA) is 42.4 Å². The normalized spacial score (nSPS) is 17.0. The zero-order valence-electron chi connectivity index (χ0n) is 16.7. The van der Waals surface area contributed by atoms with Crippen LogP contribution < -0.4 is 4.74 Å². The van der Waals surface area contributed by atoms with E-state index in [1.807, 2.05) is 60.4 Å². The SMILES string of the molecule is COc1ccc(-c2nc3ccccc3c(C(=O)N3CCC[C@@H](C)C3)c2C)cc1. The molecule has 0 bridgehead atoms. The Morgan fingerprint density at radius 2 is 1.89 bits per heavy atom. The summed E-state index contributed by atoms with van der Waals surface area (Å²) >= 11 is 0. The van der Waals surface area contributed by atoms with Gasteiger partial charge in [-0.05, 0) is 61.6 Å². The average molecular weight is 374 g/mol. The highest BCUT2D eigenvalue weighted by molar-refractivity contribution is 6.08. The fourth-order valence-electron chi connectivity index (χ4n) is 4.14. The Labute approximate surface area is 166 Å². The maximum absolute atomic E-state index is 13.5. The number of likely N-dealkylation sites (tertiary alicyclic amines) is 1. The van der Waals surface area contributed by atoms with E-state index >= 15 is 0 Å². The lowest BCUT2D eigenvalue weighted by Crippen LogP contribution is -2.39. The number of hydrogen-bond donors (Lipinski definition) is 0. The third-order valence-electron chi connectivity index (χ3n) is 5.66. The number of piperidine rings is 1. The van der Waals surface area contributed by atoms with Crippen molar-refractivity contribution in [3.05, 3.63) is 59.7 Å². The number of para-hydroxylation sites is 1. The number of carbonyl (C=O) groups is 1. The second-order valence-corrected chi connectivity index (χ2v) is 7.70. The quantitative estimate of drug-likeness (QED) is 0.641. The summed E-state index contributed by atoms with van der Waals surface area (Å²) in [5.74, 6) is 1.48. The standard InChI is InChI=1S/C24H26N2O2/c1-16-7-6-14-26(15-16)24(27)22-17(2)23(18-10-12-19(28-3)13-11-18)25-21-9-5-4-8-20(21)22/h4-5,8-13,16H,6-7,14-15H2,1-3H3/t16-/m1/s1. The van der Waals surface area contributed by atoms with Crippen molar-refractivity contribution in [1.82, 2.24) is 9.88 Å². The van der Waals surface area contributed by atoms with Crippen LogP contribution in [0.1, 0.15) is 35.7 Å². The number of nitrogens with zero attached hydrogens (tertiary/aromatic N) is 2. The molecule has 1 saturated heterocycles. The van der Waals surface area contributed by atoms with Crippen LogP contribution in [0, 0.1) is 12.8 Å².